The van der Waals surface area contributed by atoms with E-state index in [1.54, 1.807) is 31.0 Å². The Morgan fingerprint density at radius 1 is 1.58 bits per heavy atom. The molecule has 0 saturated carbocycles. The van der Waals surface area contributed by atoms with Crippen molar-refractivity contribution in [3.05, 3.63) is 29.6 Å². The van der Waals surface area contributed by atoms with Crippen molar-refractivity contribution in [1.82, 2.24) is 5.32 Å². The zero-order chi connectivity index (χ0) is 14.0. The minimum atomic E-state index is -0.697. The number of aliphatic hydroxyl groups is 1. The third-order valence-electron chi connectivity index (χ3n) is 3.57. The summed E-state index contributed by atoms with van der Waals surface area (Å²) in [5.74, 6) is -0.481. The first-order valence-electron chi connectivity index (χ1n) is 6.50. The van der Waals surface area contributed by atoms with Crippen LogP contribution >= 0.6 is 0 Å². The van der Waals surface area contributed by atoms with Gasteiger partial charge in [-0.3, -0.25) is 4.79 Å². The number of benzene rings is 1. The number of aliphatic hydroxyl groups excluding tert-OH is 1. The summed E-state index contributed by atoms with van der Waals surface area (Å²) in [5, 5.41) is 12.1. The SMILES string of the molecule is CNC(=O)C1CCCN1c1ccc([C@H](C)O)cc1F. The summed E-state index contributed by atoms with van der Waals surface area (Å²) in [7, 11) is 1.59. The minimum Gasteiger partial charge on any atom is -0.389 e. The lowest BCUT2D eigenvalue weighted by Crippen LogP contribution is -2.42. The van der Waals surface area contributed by atoms with Crippen molar-refractivity contribution < 1.29 is 14.3 Å². The number of hydrogen-bond acceptors (Lipinski definition) is 3. The molecule has 0 aromatic heterocycles. The van der Waals surface area contributed by atoms with Gasteiger partial charge >= 0.3 is 0 Å². The Morgan fingerprint density at radius 2 is 2.32 bits per heavy atom. The van der Waals surface area contributed by atoms with Gasteiger partial charge in [-0.25, -0.2) is 4.39 Å². The molecule has 1 saturated heterocycles. The van der Waals surface area contributed by atoms with Crippen LogP contribution in [-0.2, 0) is 4.79 Å². The Balaban J connectivity index is 2.28. The topological polar surface area (TPSA) is 52.6 Å². The van der Waals surface area contributed by atoms with Gasteiger partial charge in [0.2, 0.25) is 5.91 Å². The molecule has 2 N–H and O–H groups in total. The van der Waals surface area contributed by atoms with Crippen molar-refractivity contribution in [1.29, 1.82) is 0 Å². The molecule has 0 radical (unpaired) electrons. The fourth-order valence-corrected chi connectivity index (χ4v) is 2.51. The maximum atomic E-state index is 14.1. The van der Waals surface area contributed by atoms with E-state index in [0.717, 1.165) is 12.8 Å². The van der Waals surface area contributed by atoms with Crippen LogP contribution in [0, 0.1) is 5.82 Å². The van der Waals surface area contributed by atoms with Gasteiger partial charge < -0.3 is 15.3 Å². The van der Waals surface area contributed by atoms with Gasteiger partial charge in [-0.05, 0) is 37.5 Å². The number of rotatable bonds is 3. The Morgan fingerprint density at radius 3 is 2.89 bits per heavy atom. The van der Waals surface area contributed by atoms with E-state index in [1.165, 1.54) is 6.07 Å². The summed E-state index contributed by atoms with van der Waals surface area (Å²) >= 11 is 0. The maximum Gasteiger partial charge on any atom is 0.242 e. The molecule has 1 amide bonds. The molecule has 1 aromatic rings. The number of carbonyl (C=O) groups is 1. The van der Waals surface area contributed by atoms with Crippen molar-refractivity contribution >= 4 is 11.6 Å². The third-order valence-corrected chi connectivity index (χ3v) is 3.57. The van der Waals surface area contributed by atoms with Crippen molar-refractivity contribution in [2.24, 2.45) is 0 Å². The lowest BCUT2D eigenvalue weighted by atomic mass is 10.1. The zero-order valence-corrected chi connectivity index (χ0v) is 11.2. The van der Waals surface area contributed by atoms with E-state index >= 15 is 0 Å². The minimum absolute atomic E-state index is 0.0866. The second-order valence-electron chi connectivity index (χ2n) is 4.85. The monoisotopic (exact) mass is 266 g/mol. The van der Waals surface area contributed by atoms with E-state index in [2.05, 4.69) is 5.32 Å². The van der Waals surface area contributed by atoms with E-state index < -0.39 is 11.9 Å². The molecule has 1 heterocycles. The molecule has 0 bridgehead atoms. The Bertz CT molecular complexity index is 477. The molecule has 0 aliphatic carbocycles. The second-order valence-corrected chi connectivity index (χ2v) is 4.85. The van der Waals surface area contributed by atoms with Crippen LogP contribution in [0.2, 0.25) is 0 Å². The van der Waals surface area contributed by atoms with E-state index in [1.807, 2.05) is 0 Å². The highest BCUT2D eigenvalue weighted by Gasteiger charge is 2.31. The zero-order valence-electron chi connectivity index (χ0n) is 11.2. The predicted molar refractivity (Wildman–Crippen MR) is 71.5 cm³/mol. The Hall–Kier alpha value is -1.62. The summed E-state index contributed by atoms with van der Waals surface area (Å²) in [6.07, 6.45) is 0.907. The van der Waals surface area contributed by atoms with Gasteiger partial charge in [-0.1, -0.05) is 6.07 Å². The van der Waals surface area contributed by atoms with Gasteiger partial charge in [0.1, 0.15) is 11.9 Å². The summed E-state index contributed by atoms with van der Waals surface area (Å²) in [4.78, 5) is 13.6. The molecule has 5 heteroatoms. The third kappa shape index (κ3) is 2.71. The maximum absolute atomic E-state index is 14.1. The quantitative estimate of drug-likeness (QED) is 0.873. The average molecular weight is 266 g/mol. The normalized spacial score (nSPS) is 20.4. The van der Waals surface area contributed by atoms with E-state index in [9.17, 15) is 14.3 Å². The number of anilines is 1. The molecule has 1 aliphatic rings. The van der Waals surface area contributed by atoms with Gasteiger partial charge in [0, 0.05) is 13.6 Å². The molecule has 0 spiro atoms. The van der Waals surface area contributed by atoms with Crippen molar-refractivity contribution in [3.8, 4) is 0 Å². The van der Waals surface area contributed by atoms with Crippen LogP contribution in [-0.4, -0.2) is 30.6 Å². The van der Waals surface area contributed by atoms with E-state index in [-0.39, 0.29) is 11.9 Å². The van der Waals surface area contributed by atoms with Crippen LogP contribution in [0.25, 0.3) is 0 Å². The van der Waals surface area contributed by atoms with E-state index in [0.29, 0.717) is 17.8 Å². The molecule has 1 aliphatic heterocycles. The number of halogens is 1. The van der Waals surface area contributed by atoms with E-state index in [4.69, 9.17) is 0 Å². The van der Waals surface area contributed by atoms with Gasteiger partial charge in [0.25, 0.3) is 0 Å². The number of amides is 1. The fourth-order valence-electron chi connectivity index (χ4n) is 2.51. The first kappa shape index (κ1) is 13.8. The number of likely N-dealkylation sites (N-methyl/N-ethyl adjacent to an activating group) is 1. The molecule has 19 heavy (non-hydrogen) atoms. The number of nitrogens with one attached hydrogen (secondary N) is 1. The second kappa shape index (κ2) is 5.57. The molecule has 1 unspecified atom stereocenters. The first-order chi connectivity index (χ1) is 9.04. The lowest BCUT2D eigenvalue weighted by molar-refractivity contribution is -0.121. The fraction of sp³-hybridized carbons (Fsp3) is 0.500. The smallest absolute Gasteiger partial charge is 0.242 e. The van der Waals surface area contributed by atoms with Crippen LogP contribution in [0.1, 0.15) is 31.4 Å². The number of carbonyl (C=O) groups excluding carboxylic acids is 1. The van der Waals surface area contributed by atoms with Gasteiger partial charge in [-0.2, -0.15) is 0 Å². The highest BCUT2D eigenvalue weighted by molar-refractivity contribution is 5.85. The first-order valence-corrected chi connectivity index (χ1v) is 6.50. The van der Waals surface area contributed by atoms with Crippen LogP contribution < -0.4 is 10.2 Å². The molecule has 4 nitrogen and oxygen atoms in total. The summed E-state index contributed by atoms with van der Waals surface area (Å²) < 4.78 is 14.1. The lowest BCUT2D eigenvalue weighted by Gasteiger charge is -2.26. The highest BCUT2D eigenvalue weighted by Crippen LogP contribution is 2.29. The Kier molecular flexibility index (Phi) is 4.04. The van der Waals surface area contributed by atoms with Gasteiger partial charge in [-0.15, -0.1) is 0 Å². The molecule has 104 valence electrons. The highest BCUT2D eigenvalue weighted by atomic mass is 19.1. The number of nitrogens with zero attached hydrogens (tertiary/aromatic N) is 1. The van der Waals surface area contributed by atoms with Gasteiger partial charge in [0.05, 0.1) is 11.8 Å². The molecular weight excluding hydrogens is 247 g/mol. The molecule has 1 fully saturated rings. The predicted octanol–water partition coefficient (Wildman–Crippen LogP) is 1.59. The standard InChI is InChI=1S/C14H19FN2O2/c1-9(18)10-5-6-12(11(15)8-10)17-7-3-4-13(17)14(19)16-2/h5-6,8-9,13,18H,3-4,7H2,1-2H3,(H,16,19)/t9-,13?/m0/s1. The van der Waals surface area contributed by atoms with Crippen molar-refractivity contribution in [3.63, 3.8) is 0 Å². The van der Waals surface area contributed by atoms with Crippen LogP contribution in [0.15, 0.2) is 18.2 Å². The summed E-state index contributed by atoms with van der Waals surface area (Å²) in [5.41, 5.74) is 0.965. The average Bonchev–Trinajstić information content (AvgIpc) is 2.86. The Labute approximate surface area is 112 Å². The van der Waals surface area contributed by atoms with Gasteiger partial charge in [0.15, 0.2) is 0 Å². The van der Waals surface area contributed by atoms with Crippen molar-refractivity contribution in [2.75, 3.05) is 18.5 Å². The molecule has 1 aromatic carbocycles. The summed E-state index contributed by atoms with van der Waals surface area (Å²) in [6, 6.07) is 4.36. The van der Waals surface area contributed by atoms with Crippen LogP contribution in [0.4, 0.5) is 10.1 Å². The van der Waals surface area contributed by atoms with Crippen LogP contribution in [0.5, 0.6) is 0 Å². The number of hydrogen-bond donors (Lipinski definition) is 2. The molecule has 2 atom stereocenters. The van der Waals surface area contributed by atoms with Crippen molar-refractivity contribution in [2.45, 2.75) is 31.9 Å². The van der Waals surface area contributed by atoms with Crippen LogP contribution in [0.3, 0.4) is 0 Å². The largest absolute Gasteiger partial charge is 0.389 e. The summed E-state index contributed by atoms with van der Waals surface area (Å²) in [6.45, 7) is 2.26. The molecular formula is C14H19FN2O2. The molecule has 2 rings (SSSR count).